The standard InChI is InChI=1S/C25H38O3/c1-15-14-21-19-11-10-18-8-7-9-22(28-17(3)27)24(18,5)20(19)12-13-23(21,4)25(15,6)16(2)26/h10,15,19-22H,7-9,11-14H2,1-6H3/t15?,19-,20+,21+,22?,23+,24+,25?/m1/s1. The van der Waals surface area contributed by atoms with Crippen LogP contribution in [0, 0.1) is 39.9 Å². The van der Waals surface area contributed by atoms with Crippen molar-refractivity contribution in [1.29, 1.82) is 0 Å². The molecule has 0 saturated heterocycles. The highest BCUT2D eigenvalue weighted by Gasteiger charge is 2.67. The molecule has 0 radical (unpaired) electrons. The molecular formula is C25H38O3. The van der Waals surface area contributed by atoms with Crippen LogP contribution in [0.4, 0.5) is 0 Å². The van der Waals surface area contributed by atoms with Crippen LogP contribution >= 0.6 is 0 Å². The van der Waals surface area contributed by atoms with E-state index in [9.17, 15) is 9.59 Å². The van der Waals surface area contributed by atoms with Gasteiger partial charge >= 0.3 is 5.97 Å². The number of carbonyl (C=O) groups excluding carboxylic acids is 2. The lowest BCUT2D eigenvalue weighted by atomic mass is 9.45. The lowest BCUT2D eigenvalue weighted by Gasteiger charge is -2.60. The molecule has 3 heteroatoms. The van der Waals surface area contributed by atoms with Gasteiger partial charge in [0.2, 0.25) is 0 Å². The number of Topliss-reactive ketones (excluding diaryl/α,β-unsaturated/α-hetero) is 1. The SMILES string of the molecule is CC(=O)OC1CCCC2=CC[C@H]3[C@@H]4CC(C)C(C)(C(C)=O)[C@@]4(C)CC[C@@H]3[C@]21C. The Labute approximate surface area is 170 Å². The Morgan fingerprint density at radius 3 is 2.46 bits per heavy atom. The molecule has 3 fully saturated rings. The molecule has 0 amide bonds. The van der Waals surface area contributed by atoms with Crippen LogP contribution in [0.25, 0.3) is 0 Å². The molecule has 3 unspecified atom stereocenters. The van der Waals surface area contributed by atoms with Gasteiger partial charge in [0.25, 0.3) is 0 Å². The van der Waals surface area contributed by atoms with E-state index in [1.54, 1.807) is 6.92 Å². The first-order chi connectivity index (χ1) is 13.1. The molecule has 0 aromatic heterocycles. The van der Waals surface area contributed by atoms with E-state index in [2.05, 4.69) is 33.8 Å². The average molecular weight is 387 g/mol. The second-order valence-electron chi connectivity index (χ2n) is 11.0. The van der Waals surface area contributed by atoms with Gasteiger partial charge < -0.3 is 4.74 Å². The second-order valence-corrected chi connectivity index (χ2v) is 11.0. The molecule has 0 heterocycles. The first kappa shape index (κ1) is 20.2. The van der Waals surface area contributed by atoms with Gasteiger partial charge in [-0.05, 0) is 81.0 Å². The summed E-state index contributed by atoms with van der Waals surface area (Å²) in [4.78, 5) is 24.6. The van der Waals surface area contributed by atoms with Crippen molar-refractivity contribution in [2.24, 2.45) is 39.9 Å². The predicted octanol–water partition coefficient (Wildman–Crippen LogP) is 5.72. The van der Waals surface area contributed by atoms with E-state index in [0.29, 0.717) is 29.5 Å². The first-order valence-corrected chi connectivity index (χ1v) is 11.4. The lowest BCUT2D eigenvalue weighted by molar-refractivity contribution is -0.164. The van der Waals surface area contributed by atoms with E-state index >= 15 is 0 Å². The number of hydrogen-bond donors (Lipinski definition) is 0. The fourth-order valence-corrected chi connectivity index (χ4v) is 8.40. The maximum absolute atomic E-state index is 12.8. The molecule has 0 spiro atoms. The molecular weight excluding hydrogens is 348 g/mol. The van der Waals surface area contributed by atoms with E-state index in [-0.39, 0.29) is 28.3 Å². The van der Waals surface area contributed by atoms with Crippen LogP contribution < -0.4 is 0 Å². The monoisotopic (exact) mass is 386 g/mol. The Bertz CT molecular complexity index is 723. The van der Waals surface area contributed by atoms with E-state index in [1.165, 1.54) is 5.57 Å². The summed E-state index contributed by atoms with van der Waals surface area (Å²) < 4.78 is 5.92. The van der Waals surface area contributed by atoms with Gasteiger partial charge in [0.15, 0.2) is 0 Å². The summed E-state index contributed by atoms with van der Waals surface area (Å²) in [6, 6.07) is 0. The van der Waals surface area contributed by atoms with Crippen molar-refractivity contribution in [2.45, 2.75) is 92.6 Å². The summed E-state index contributed by atoms with van der Waals surface area (Å²) in [5, 5.41) is 0. The summed E-state index contributed by atoms with van der Waals surface area (Å²) in [7, 11) is 0. The minimum absolute atomic E-state index is 0.0140. The molecule has 8 atom stereocenters. The molecule has 4 aliphatic carbocycles. The highest BCUT2D eigenvalue weighted by molar-refractivity contribution is 5.83. The first-order valence-electron chi connectivity index (χ1n) is 11.4. The molecule has 0 N–H and O–H groups in total. The quantitative estimate of drug-likeness (QED) is 0.450. The van der Waals surface area contributed by atoms with E-state index in [4.69, 9.17) is 4.74 Å². The normalized spacial score (nSPS) is 50.1. The van der Waals surface area contributed by atoms with Crippen LogP contribution in [-0.2, 0) is 14.3 Å². The summed E-state index contributed by atoms with van der Waals surface area (Å²) in [5.41, 5.74) is 1.39. The van der Waals surface area contributed by atoms with Crippen LogP contribution in [-0.4, -0.2) is 17.9 Å². The molecule has 4 rings (SSSR count). The molecule has 28 heavy (non-hydrogen) atoms. The van der Waals surface area contributed by atoms with E-state index in [0.717, 1.165) is 44.9 Å². The molecule has 3 nitrogen and oxygen atoms in total. The molecule has 3 saturated carbocycles. The minimum Gasteiger partial charge on any atom is -0.462 e. The topological polar surface area (TPSA) is 43.4 Å². The Morgan fingerprint density at radius 1 is 1.11 bits per heavy atom. The maximum Gasteiger partial charge on any atom is 0.302 e. The minimum atomic E-state index is -0.213. The van der Waals surface area contributed by atoms with E-state index in [1.807, 2.05) is 6.92 Å². The van der Waals surface area contributed by atoms with Gasteiger partial charge in [0, 0.05) is 17.8 Å². The van der Waals surface area contributed by atoms with Gasteiger partial charge in [-0.25, -0.2) is 0 Å². The molecule has 4 aliphatic rings. The van der Waals surface area contributed by atoms with Gasteiger partial charge in [0.05, 0.1) is 0 Å². The third-order valence-electron chi connectivity index (χ3n) is 10.3. The van der Waals surface area contributed by atoms with Crippen molar-refractivity contribution in [3.05, 3.63) is 11.6 Å². The molecule has 0 bridgehead atoms. The van der Waals surface area contributed by atoms with Gasteiger partial charge in [-0.1, -0.05) is 39.3 Å². The van der Waals surface area contributed by atoms with Crippen molar-refractivity contribution in [3.63, 3.8) is 0 Å². The Morgan fingerprint density at radius 2 is 1.82 bits per heavy atom. The third kappa shape index (κ3) is 2.40. The van der Waals surface area contributed by atoms with Gasteiger partial charge in [-0.2, -0.15) is 0 Å². The smallest absolute Gasteiger partial charge is 0.302 e. The highest BCUT2D eigenvalue weighted by atomic mass is 16.5. The third-order valence-corrected chi connectivity index (χ3v) is 10.3. The Kier molecular flexibility index (Phi) is 4.64. The zero-order chi connectivity index (χ0) is 20.5. The largest absolute Gasteiger partial charge is 0.462 e. The fourth-order valence-electron chi connectivity index (χ4n) is 8.40. The maximum atomic E-state index is 12.8. The van der Waals surface area contributed by atoms with Crippen LogP contribution in [0.5, 0.6) is 0 Å². The number of esters is 1. The van der Waals surface area contributed by atoms with Crippen molar-refractivity contribution in [1.82, 2.24) is 0 Å². The second kappa shape index (κ2) is 6.44. The van der Waals surface area contributed by atoms with Gasteiger partial charge in [-0.3, -0.25) is 9.59 Å². The van der Waals surface area contributed by atoms with E-state index < -0.39 is 0 Å². The number of ether oxygens (including phenoxy) is 1. The zero-order valence-corrected chi connectivity index (χ0v) is 18.6. The van der Waals surface area contributed by atoms with Crippen LogP contribution in [0.15, 0.2) is 11.6 Å². The van der Waals surface area contributed by atoms with Crippen molar-refractivity contribution >= 4 is 11.8 Å². The van der Waals surface area contributed by atoms with Crippen molar-refractivity contribution in [2.75, 3.05) is 0 Å². The zero-order valence-electron chi connectivity index (χ0n) is 18.6. The summed E-state index contributed by atoms with van der Waals surface area (Å²) in [6.45, 7) is 12.7. The number of hydrogen-bond acceptors (Lipinski definition) is 3. The van der Waals surface area contributed by atoms with Gasteiger partial charge in [0.1, 0.15) is 11.9 Å². The average Bonchev–Trinajstić information content (AvgIpc) is 2.83. The fraction of sp³-hybridized carbons (Fsp3) is 0.840. The number of rotatable bonds is 2. The Hall–Kier alpha value is -1.12. The summed E-state index contributed by atoms with van der Waals surface area (Å²) in [5.74, 6) is 2.42. The molecule has 0 aromatic carbocycles. The number of fused-ring (bicyclic) bond motifs is 5. The predicted molar refractivity (Wildman–Crippen MR) is 111 cm³/mol. The number of carbonyl (C=O) groups is 2. The van der Waals surface area contributed by atoms with Crippen LogP contribution in [0.1, 0.15) is 86.5 Å². The van der Waals surface area contributed by atoms with Crippen LogP contribution in [0.3, 0.4) is 0 Å². The highest BCUT2D eigenvalue weighted by Crippen LogP contribution is 2.71. The summed E-state index contributed by atoms with van der Waals surface area (Å²) in [6.07, 6.45) is 10.3. The lowest BCUT2D eigenvalue weighted by Crippen LogP contribution is -2.56. The number of allylic oxidation sites excluding steroid dienone is 1. The molecule has 156 valence electrons. The van der Waals surface area contributed by atoms with Crippen molar-refractivity contribution in [3.8, 4) is 0 Å². The van der Waals surface area contributed by atoms with Gasteiger partial charge in [-0.15, -0.1) is 0 Å². The Balaban J connectivity index is 1.73. The summed E-state index contributed by atoms with van der Waals surface area (Å²) >= 11 is 0. The van der Waals surface area contributed by atoms with Crippen molar-refractivity contribution < 1.29 is 14.3 Å². The van der Waals surface area contributed by atoms with Crippen LogP contribution in [0.2, 0.25) is 0 Å². The molecule has 0 aliphatic heterocycles. The number of ketones is 1. The molecule has 0 aromatic rings.